The number of aromatic amines is 4. The Labute approximate surface area is 559 Å². The predicted molar refractivity (Wildman–Crippen MR) is 406 cm³/mol. The standard InChI is InChI=1S/C86H100N8/c1-17-25-29-65-49(9)69-43-73-61(21-5)53(13)83(91-73)81(84-54(14)62(22-6)74(92-84)44-70-50(10)66(30-26-18-2)78(88-70)47-77(65)87-69)59-39-35-57(36-40-59)33-34-58-37-41-60(42-38-58)82-85-55(15)63(23-7)75(93-85)45-71-51(11)67(31-27-19-3)79(89-71)48-80-68(32-28-20-4)52(12)72(90-80)46-76-64(24-8)56(16)86(82)94-76/h33-48,87,89,92,94H,17-32H2,1-16H3/b34-33+,69-43?,70-44?,71-45?,72-46?,73-43?,74-44?,75-45?,76-46?,77-47?,78-47?,79-48?,80-48?,83-81?,84-81?,85-82?,86-82?. The van der Waals surface area contributed by atoms with Crippen LogP contribution in [0.25, 0.3) is 123 Å². The normalized spacial score (nSPS) is 13.6. The van der Waals surface area contributed by atoms with Gasteiger partial charge >= 0.3 is 0 Å². The van der Waals surface area contributed by atoms with E-state index in [0.717, 1.165) is 215 Å². The molecule has 484 valence electrons. The second-order valence-electron chi connectivity index (χ2n) is 27.0. The average Bonchev–Trinajstić information content (AvgIpc) is 1.60. The van der Waals surface area contributed by atoms with Gasteiger partial charge in [-0.15, -0.1) is 0 Å². The van der Waals surface area contributed by atoms with Gasteiger partial charge in [0, 0.05) is 44.2 Å². The molecule has 2 aromatic carbocycles. The number of nitrogens with one attached hydrogen (secondary N) is 4. The first-order chi connectivity index (χ1) is 45.6. The summed E-state index contributed by atoms with van der Waals surface area (Å²) < 4.78 is 0. The first kappa shape index (κ1) is 65.4. The summed E-state index contributed by atoms with van der Waals surface area (Å²) in [5.41, 5.74) is 45.0. The monoisotopic (exact) mass is 1240 g/mol. The second kappa shape index (κ2) is 27.8. The van der Waals surface area contributed by atoms with Crippen LogP contribution in [0.5, 0.6) is 0 Å². The highest BCUT2D eigenvalue weighted by Crippen LogP contribution is 2.45. The Hall–Kier alpha value is -8.62. The quantitative estimate of drug-likeness (QED) is 0.0569. The van der Waals surface area contributed by atoms with Crippen molar-refractivity contribution in [2.45, 2.75) is 214 Å². The number of fused-ring (bicyclic) bond motifs is 16. The van der Waals surface area contributed by atoms with Crippen molar-refractivity contribution in [1.82, 2.24) is 39.9 Å². The lowest BCUT2D eigenvalue weighted by atomic mass is 9.94. The van der Waals surface area contributed by atoms with Crippen LogP contribution in [-0.2, 0) is 25.7 Å². The molecule has 0 saturated heterocycles. The van der Waals surface area contributed by atoms with Gasteiger partial charge in [-0.1, -0.05) is 142 Å². The van der Waals surface area contributed by atoms with Crippen molar-refractivity contribution >= 4 is 101 Å². The fraction of sp³-hybridized carbons (Fsp3) is 0.372. The molecule has 0 spiro atoms. The molecule has 0 aliphatic carbocycles. The number of benzene rings is 2. The molecule has 0 atom stereocenters. The van der Waals surface area contributed by atoms with Crippen LogP contribution in [0.15, 0.2) is 84.9 Å². The van der Waals surface area contributed by atoms with Crippen molar-refractivity contribution in [3.05, 3.63) is 186 Å². The lowest BCUT2D eigenvalue weighted by Gasteiger charge is -2.09. The SMILES string of the molecule is CCCCC1=C(C)c2cc3[nH]c(c(C)c3CC)c(-c3ccc(/C=C/c4ccc(-c5c6nc(cc7[nH]c(cc8nc(cc9[nH]c5c(C)c9CC)C(C)=C8CCCC)c(CCCC)c7C)C(CC)=C6C)cc4)cc3)c3nc(cc4[nH]c(cc1n2)c(CCCC)c4C)C(CC)=C3C. The average molecular weight is 1250 g/mol. The highest BCUT2D eigenvalue weighted by atomic mass is 14.8. The molecule has 0 amide bonds. The van der Waals surface area contributed by atoms with E-state index in [-0.39, 0.29) is 0 Å². The lowest BCUT2D eigenvalue weighted by molar-refractivity contribution is 0.796. The summed E-state index contributed by atoms with van der Waals surface area (Å²) >= 11 is 0. The minimum Gasteiger partial charge on any atom is -0.355 e. The van der Waals surface area contributed by atoms with Crippen LogP contribution in [0.4, 0.5) is 0 Å². The van der Waals surface area contributed by atoms with Gasteiger partial charge < -0.3 is 19.9 Å². The first-order valence-corrected chi connectivity index (χ1v) is 35.8. The number of aryl methyl sites for hydroxylation is 8. The maximum absolute atomic E-state index is 5.69. The molecule has 4 aliphatic heterocycles. The van der Waals surface area contributed by atoms with Crippen molar-refractivity contribution in [3.8, 4) is 22.3 Å². The fourth-order valence-corrected chi connectivity index (χ4v) is 15.5. The van der Waals surface area contributed by atoms with Crippen LogP contribution in [0.3, 0.4) is 0 Å². The highest BCUT2D eigenvalue weighted by molar-refractivity contribution is 6.04. The molecular formula is C86H100N8. The van der Waals surface area contributed by atoms with Gasteiger partial charge in [-0.05, 0) is 280 Å². The molecule has 12 rings (SSSR count). The van der Waals surface area contributed by atoms with Crippen LogP contribution >= 0.6 is 0 Å². The molecule has 4 N–H and O–H groups in total. The Morgan fingerprint density at radius 1 is 0.309 bits per heavy atom. The van der Waals surface area contributed by atoms with Gasteiger partial charge in [-0.25, -0.2) is 19.9 Å². The zero-order valence-corrected chi connectivity index (χ0v) is 59.3. The Balaban J connectivity index is 0.986. The minimum absolute atomic E-state index is 0.878. The van der Waals surface area contributed by atoms with E-state index < -0.39 is 0 Å². The summed E-state index contributed by atoms with van der Waals surface area (Å²) in [5, 5.41) is 0. The van der Waals surface area contributed by atoms with Gasteiger partial charge in [0.1, 0.15) is 0 Å². The number of rotatable bonds is 20. The molecule has 10 heterocycles. The van der Waals surface area contributed by atoms with E-state index in [1.165, 1.54) is 100 Å². The Bertz CT molecular complexity index is 4510. The van der Waals surface area contributed by atoms with E-state index in [1.54, 1.807) is 0 Å². The van der Waals surface area contributed by atoms with Gasteiger partial charge in [-0.3, -0.25) is 0 Å². The Morgan fingerprint density at radius 2 is 0.638 bits per heavy atom. The summed E-state index contributed by atoms with van der Waals surface area (Å²) in [7, 11) is 0. The number of allylic oxidation sites excluding steroid dienone is 8. The van der Waals surface area contributed by atoms with Crippen LogP contribution in [0, 0.1) is 27.7 Å². The van der Waals surface area contributed by atoms with Crippen molar-refractivity contribution in [2.75, 3.05) is 0 Å². The molecule has 8 heteroatoms. The number of hydrogen-bond acceptors (Lipinski definition) is 4. The molecule has 0 fully saturated rings. The van der Waals surface area contributed by atoms with Gasteiger partial charge in [0.2, 0.25) is 0 Å². The predicted octanol–water partition coefficient (Wildman–Crippen LogP) is 24.4. The Kier molecular flexibility index (Phi) is 19.3. The Morgan fingerprint density at radius 3 is 0.989 bits per heavy atom. The molecule has 4 aliphatic rings. The summed E-state index contributed by atoms with van der Waals surface area (Å²) in [6.45, 7) is 36.5. The van der Waals surface area contributed by atoms with E-state index >= 15 is 0 Å². The van der Waals surface area contributed by atoms with E-state index in [4.69, 9.17) is 19.9 Å². The molecule has 0 unspecified atom stereocenters. The van der Waals surface area contributed by atoms with Crippen molar-refractivity contribution < 1.29 is 0 Å². The van der Waals surface area contributed by atoms with E-state index in [2.05, 4.69) is 228 Å². The summed E-state index contributed by atoms with van der Waals surface area (Å²) in [6.07, 6.45) is 21.2. The molecule has 8 nitrogen and oxygen atoms in total. The fourth-order valence-electron chi connectivity index (χ4n) is 15.5. The summed E-state index contributed by atoms with van der Waals surface area (Å²) in [4.78, 5) is 38.4. The smallest absolute Gasteiger partial charge is 0.0769 e. The third-order valence-electron chi connectivity index (χ3n) is 21.3. The molecule has 0 saturated carbocycles. The molecular weight excluding hydrogens is 1150 g/mol. The van der Waals surface area contributed by atoms with Gasteiger partial charge in [0.25, 0.3) is 0 Å². The maximum atomic E-state index is 5.69. The van der Waals surface area contributed by atoms with Crippen LogP contribution in [-0.4, -0.2) is 39.9 Å². The van der Waals surface area contributed by atoms with Crippen LogP contribution < -0.4 is 0 Å². The van der Waals surface area contributed by atoms with E-state index in [9.17, 15) is 0 Å². The number of unbranched alkanes of at least 4 members (excludes halogenated alkanes) is 4. The van der Waals surface area contributed by atoms with Crippen LogP contribution in [0.1, 0.15) is 261 Å². The topological polar surface area (TPSA) is 115 Å². The van der Waals surface area contributed by atoms with Crippen molar-refractivity contribution in [2.24, 2.45) is 0 Å². The summed E-state index contributed by atoms with van der Waals surface area (Å²) in [5.74, 6) is 0. The highest BCUT2D eigenvalue weighted by Gasteiger charge is 2.27. The van der Waals surface area contributed by atoms with E-state index in [0.29, 0.717) is 0 Å². The van der Waals surface area contributed by atoms with Crippen LogP contribution in [0.2, 0.25) is 0 Å². The number of H-pyrrole nitrogens is 4. The first-order valence-electron chi connectivity index (χ1n) is 35.8. The van der Waals surface area contributed by atoms with E-state index in [1.807, 2.05) is 0 Å². The second-order valence-corrected chi connectivity index (χ2v) is 27.0. The largest absolute Gasteiger partial charge is 0.355 e. The number of nitrogens with zero attached hydrogens (tertiary/aromatic N) is 4. The zero-order valence-electron chi connectivity index (χ0n) is 59.3. The maximum Gasteiger partial charge on any atom is 0.0769 e. The van der Waals surface area contributed by atoms with Gasteiger partial charge in [0.05, 0.1) is 56.6 Å². The lowest BCUT2D eigenvalue weighted by Crippen LogP contribution is -1.90. The number of hydrogen-bond donors (Lipinski definition) is 4. The van der Waals surface area contributed by atoms with Gasteiger partial charge in [-0.2, -0.15) is 0 Å². The summed E-state index contributed by atoms with van der Waals surface area (Å²) in [6, 6.07) is 32.3. The number of aromatic nitrogens is 8. The van der Waals surface area contributed by atoms with Gasteiger partial charge in [0.15, 0.2) is 0 Å². The molecule has 94 heavy (non-hydrogen) atoms. The third kappa shape index (κ3) is 12.1. The molecule has 0 radical (unpaired) electrons. The molecule has 8 aromatic rings. The third-order valence-corrected chi connectivity index (χ3v) is 21.3. The minimum atomic E-state index is 0.878. The molecule has 16 bridgehead atoms. The van der Waals surface area contributed by atoms with Crippen molar-refractivity contribution in [3.63, 3.8) is 0 Å². The van der Waals surface area contributed by atoms with Crippen molar-refractivity contribution in [1.29, 1.82) is 0 Å². The zero-order chi connectivity index (χ0) is 66.2. The molecule has 6 aromatic heterocycles.